The predicted octanol–water partition coefficient (Wildman–Crippen LogP) is 5.18. The van der Waals surface area contributed by atoms with Crippen LogP contribution in [-0.4, -0.2) is 16.0 Å². The Kier molecular flexibility index (Phi) is 5.97. The molecular weight excluding hydrogens is 458 g/mol. The lowest BCUT2D eigenvalue weighted by Gasteiger charge is -2.10. The lowest BCUT2D eigenvalue weighted by molar-refractivity contribution is 0.102. The summed E-state index contributed by atoms with van der Waals surface area (Å²) in [6.07, 6.45) is 1.58. The lowest BCUT2D eigenvalue weighted by Crippen LogP contribution is -2.22. The largest absolute Gasteiger partial charge is 0.436 e. The van der Waals surface area contributed by atoms with E-state index in [0.29, 0.717) is 33.6 Å². The number of rotatable bonds is 4. The molecule has 0 aliphatic carbocycles. The topological polar surface area (TPSA) is 87.7 Å². The highest BCUT2D eigenvalue weighted by atomic mass is 79.9. The fourth-order valence-corrected chi connectivity index (χ4v) is 3.39. The van der Waals surface area contributed by atoms with Crippen LogP contribution in [0.15, 0.2) is 74.7 Å². The maximum atomic E-state index is 13.2. The number of aliphatic hydroxyl groups is 1. The number of aliphatic hydroxyl groups excluding tert-OH is 1. The summed E-state index contributed by atoms with van der Waals surface area (Å²) >= 11 is 3.39. The minimum atomic E-state index is -0.364. The van der Waals surface area contributed by atoms with Crippen molar-refractivity contribution in [1.29, 1.82) is 0 Å². The number of anilines is 1. The number of halogens is 1. The van der Waals surface area contributed by atoms with Gasteiger partial charge in [-0.1, -0.05) is 33.6 Å². The smallest absolute Gasteiger partial charge is 0.261 e. The Labute approximate surface area is 187 Å². The van der Waals surface area contributed by atoms with Crippen molar-refractivity contribution >= 4 is 44.2 Å². The van der Waals surface area contributed by atoms with Gasteiger partial charge < -0.3 is 14.8 Å². The minimum absolute atomic E-state index is 0.172. The van der Waals surface area contributed by atoms with E-state index in [-0.39, 0.29) is 23.6 Å². The van der Waals surface area contributed by atoms with E-state index in [1.165, 1.54) is 0 Å². The van der Waals surface area contributed by atoms with Crippen molar-refractivity contribution in [2.75, 3.05) is 5.32 Å². The van der Waals surface area contributed by atoms with Crippen LogP contribution in [0.5, 0.6) is 0 Å². The van der Waals surface area contributed by atoms with E-state index in [1.54, 1.807) is 24.4 Å². The van der Waals surface area contributed by atoms with Crippen LogP contribution in [0.1, 0.15) is 27.2 Å². The Morgan fingerprint density at radius 3 is 2.52 bits per heavy atom. The molecule has 2 aromatic carbocycles. The predicted molar refractivity (Wildman–Crippen MR) is 123 cm³/mol. The van der Waals surface area contributed by atoms with Crippen molar-refractivity contribution in [2.45, 2.75) is 20.5 Å². The summed E-state index contributed by atoms with van der Waals surface area (Å²) < 4.78 is 6.98. The van der Waals surface area contributed by atoms with Gasteiger partial charge in [0, 0.05) is 27.3 Å². The average molecular weight is 478 g/mol. The maximum Gasteiger partial charge on any atom is 0.261 e. The second-order valence-corrected chi connectivity index (χ2v) is 8.06. The molecule has 31 heavy (non-hydrogen) atoms. The van der Waals surface area contributed by atoms with Gasteiger partial charge in [-0.3, -0.25) is 9.78 Å². The molecule has 1 amide bonds. The molecule has 2 heterocycles. The van der Waals surface area contributed by atoms with Crippen LogP contribution in [0.4, 0.5) is 11.4 Å². The zero-order valence-corrected chi connectivity index (χ0v) is 18.6. The molecule has 0 fully saturated rings. The van der Waals surface area contributed by atoms with Gasteiger partial charge in [-0.2, -0.15) is 0 Å². The Bertz CT molecular complexity index is 1330. The monoisotopic (exact) mass is 477 g/mol. The molecule has 156 valence electrons. The molecule has 0 saturated heterocycles. The van der Waals surface area contributed by atoms with Crippen LogP contribution in [0, 0.1) is 13.8 Å². The van der Waals surface area contributed by atoms with Crippen molar-refractivity contribution in [3.8, 4) is 0 Å². The van der Waals surface area contributed by atoms with Gasteiger partial charge >= 0.3 is 0 Å². The van der Waals surface area contributed by atoms with Gasteiger partial charge in [-0.25, -0.2) is 4.99 Å². The van der Waals surface area contributed by atoms with Crippen LogP contribution in [0.25, 0.3) is 11.0 Å². The van der Waals surface area contributed by atoms with Gasteiger partial charge in [0.2, 0.25) is 5.55 Å². The first-order chi connectivity index (χ1) is 14.9. The van der Waals surface area contributed by atoms with Gasteiger partial charge in [0.25, 0.3) is 5.91 Å². The zero-order valence-electron chi connectivity index (χ0n) is 17.0. The number of hydrogen-bond acceptors (Lipinski definition) is 5. The number of aryl methyl sites for hydroxylation is 2. The van der Waals surface area contributed by atoms with Crippen molar-refractivity contribution < 1.29 is 14.3 Å². The summed E-state index contributed by atoms with van der Waals surface area (Å²) in [6.45, 7) is 3.58. The first-order valence-electron chi connectivity index (χ1n) is 9.66. The van der Waals surface area contributed by atoms with E-state index in [2.05, 4.69) is 31.2 Å². The molecule has 0 radical (unpaired) electrons. The second kappa shape index (κ2) is 8.83. The number of pyridine rings is 1. The quantitative estimate of drug-likeness (QED) is 0.423. The molecule has 4 aromatic rings. The molecule has 0 aliphatic heterocycles. The standard InChI is InChI=1S/C24H20BrN3O3/c1-14-3-7-19(8-4-14)28-24-21(23(30)27-18-9-5-17(25)6-10-18)11-20-16(13-29)12-26-15(2)22(20)31-24/h3-12,29H,13H2,1-2H3,(H,27,30). The number of carbonyl (C=O) groups excluding carboxylic acids is 1. The Morgan fingerprint density at radius 2 is 1.84 bits per heavy atom. The molecular formula is C24H20BrN3O3. The summed E-state index contributed by atoms with van der Waals surface area (Å²) in [5.74, 6) is -0.364. The number of fused-ring (bicyclic) bond motifs is 1. The van der Waals surface area contributed by atoms with Crippen molar-refractivity contribution in [3.63, 3.8) is 0 Å². The molecule has 0 bridgehead atoms. The summed E-state index contributed by atoms with van der Waals surface area (Å²) in [4.78, 5) is 22.0. The first kappa shape index (κ1) is 21.0. The van der Waals surface area contributed by atoms with Crippen LogP contribution in [0.2, 0.25) is 0 Å². The summed E-state index contributed by atoms with van der Waals surface area (Å²) in [6, 6.07) is 16.6. The maximum absolute atomic E-state index is 13.2. The summed E-state index contributed by atoms with van der Waals surface area (Å²) in [7, 11) is 0. The molecule has 4 rings (SSSR count). The number of nitrogens with one attached hydrogen (secondary N) is 1. The number of hydrogen-bond donors (Lipinski definition) is 2. The molecule has 2 aromatic heterocycles. The molecule has 0 atom stereocenters. The lowest BCUT2D eigenvalue weighted by atomic mass is 10.1. The third-order valence-electron chi connectivity index (χ3n) is 4.83. The fraction of sp³-hybridized carbons (Fsp3) is 0.125. The molecule has 6 nitrogen and oxygen atoms in total. The Hall–Kier alpha value is -3.29. The van der Waals surface area contributed by atoms with E-state index >= 15 is 0 Å². The van der Waals surface area contributed by atoms with Gasteiger partial charge in [0.05, 0.1) is 18.0 Å². The number of benzene rings is 2. The van der Waals surface area contributed by atoms with Crippen molar-refractivity contribution in [2.24, 2.45) is 4.99 Å². The Morgan fingerprint density at radius 1 is 1.13 bits per heavy atom. The molecule has 7 heteroatoms. The van der Waals surface area contributed by atoms with E-state index in [1.807, 2.05) is 50.2 Å². The first-order valence-corrected chi connectivity index (χ1v) is 10.5. The van der Waals surface area contributed by atoms with Crippen molar-refractivity contribution in [3.05, 3.63) is 93.2 Å². The van der Waals surface area contributed by atoms with Crippen molar-refractivity contribution in [1.82, 2.24) is 4.98 Å². The van der Waals surface area contributed by atoms with Gasteiger partial charge in [-0.05, 0) is 56.3 Å². The van der Waals surface area contributed by atoms with Crippen LogP contribution < -0.4 is 10.9 Å². The van der Waals surface area contributed by atoms with Crippen LogP contribution >= 0.6 is 15.9 Å². The number of amides is 1. The third-order valence-corrected chi connectivity index (χ3v) is 5.36. The average Bonchev–Trinajstić information content (AvgIpc) is 2.77. The highest BCUT2D eigenvalue weighted by Crippen LogP contribution is 2.22. The van der Waals surface area contributed by atoms with Gasteiger partial charge in [0.15, 0.2) is 5.58 Å². The highest BCUT2D eigenvalue weighted by Gasteiger charge is 2.16. The summed E-state index contributed by atoms with van der Waals surface area (Å²) in [5.41, 5.74) is 4.55. The summed E-state index contributed by atoms with van der Waals surface area (Å²) in [5, 5.41) is 13.2. The SMILES string of the molecule is Cc1ccc(N=c2oc3c(C)ncc(CO)c3cc2C(=O)Nc2ccc(Br)cc2)cc1. The van der Waals surface area contributed by atoms with Crippen LogP contribution in [-0.2, 0) is 6.61 Å². The minimum Gasteiger partial charge on any atom is -0.436 e. The molecule has 0 unspecified atom stereocenters. The van der Waals surface area contributed by atoms with Gasteiger partial charge in [0.1, 0.15) is 5.56 Å². The molecule has 0 aliphatic rings. The number of nitrogens with zero attached hydrogens (tertiary/aromatic N) is 2. The fourth-order valence-electron chi connectivity index (χ4n) is 3.13. The molecule has 0 saturated carbocycles. The van der Waals surface area contributed by atoms with E-state index < -0.39 is 0 Å². The normalized spacial score (nSPS) is 11.7. The van der Waals surface area contributed by atoms with E-state index in [0.717, 1.165) is 10.0 Å². The zero-order chi connectivity index (χ0) is 22.0. The molecule has 2 N–H and O–H groups in total. The second-order valence-electron chi connectivity index (χ2n) is 7.14. The van der Waals surface area contributed by atoms with E-state index in [4.69, 9.17) is 4.42 Å². The Balaban J connectivity index is 1.90. The van der Waals surface area contributed by atoms with E-state index in [9.17, 15) is 9.90 Å². The van der Waals surface area contributed by atoms with Crippen LogP contribution in [0.3, 0.4) is 0 Å². The number of aromatic nitrogens is 1. The third kappa shape index (κ3) is 4.57. The van der Waals surface area contributed by atoms with Gasteiger partial charge in [-0.15, -0.1) is 0 Å². The number of carbonyl (C=O) groups is 1. The highest BCUT2D eigenvalue weighted by molar-refractivity contribution is 9.10. The molecule has 0 spiro atoms.